The summed E-state index contributed by atoms with van der Waals surface area (Å²) >= 11 is 6.13. The number of amides is 1. The fraction of sp³-hybridized carbons (Fsp3) is 0.312. The van der Waals surface area contributed by atoms with E-state index in [2.05, 4.69) is 17.1 Å². The van der Waals surface area contributed by atoms with Crippen molar-refractivity contribution in [2.75, 3.05) is 6.54 Å². The Morgan fingerprint density at radius 1 is 1.05 bits per heavy atom. The van der Waals surface area contributed by atoms with Gasteiger partial charge >= 0.3 is 0 Å². The molecular formula is C32H27ClFN3O2. The molecule has 2 atom stereocenters. The van der Waals surface area contributed by atoms with E-state index >= 15 is 0 Å². The lowest BCUT2D eigenvalue weighted by Gasteiger charge is -2.32. The second kappa shape index (κ2) is 9.43. The maximum Gasteiger partial charge on any atom is 0.224 e. The van der Waals surface area contributed by atoms with E-state index in [1.807, 2.05) is 48.5 Å². The predicted molar refractivity (Wildman–Crippen MR) is 150 cm³/mol. The molecule has 0 N–H and O–H groups in total. The van der Waals surface area contributed by atoms with Crippen molar-refractivity contribution in [1.82, 2.24) is 9.88 Å². The highest BCUT2D eigenvalue weighted by atomic mass is 35.5. The molecule has 0 radical (unpaired) electrons. The largest absolute Gasteiger partial charge is 0.320 e. The van der Waals surface area contributed by atoms with Gasteiger partial charge in [-0.25, -0.2) is 4.39 Å². The third-order valence-electron chi connectivity index (χ3n) is 8.10. The summed E-state index contributed by atoms with van der Waals surface area (Å²) in [4.78, 5) is 32.5. The number of fused-ring (bicyclic) bond motifs is 2. The Morgan fingerprint density at radius 3 is 2.54 bits per heavy atom. The summed E-state index contributed by atoms with van der Waals surface area (Å²) in [6, 6.07) is 21.7. The van der Waals surface area contributed by atoms with Gasteiger partial charge in [0.15, 0.2) is 5.78 Å². The van der Waals surface area contributed by atoms with Gasteiger partial charge in [0.05, 0.1) is 18.1 Å². The normalized spacial score (nSPS) is 22.8. The molecule has 39 heavy (non-hydrogen) atoms. The second-order valence-corrected chi connectivity index (χ2v) is 11.5. The first-order valence-corrected chi connectivity index (χ1v) is 13.6. The van der Waals surface area contributed by atoms with Gasteiger partial charge < -0.3 is 4.90 Å². The number of likely N-dealkylation sites (tertiary alicyclic amines) is 1. The van der Waals surface area contributed by atoms with Gasteiger partial charge in [0.25, 0.3) is 0 Å². The maximum absolute atomic E-state index is 15.0. The molecule has 7 heteroatoms. The summed E-state index contributed by atoms with van der Waals surface area (Å²) in [5, 5.41) is 13.5. The van der Waals surface area contributed by atoms with E-state index in [4.69, 9.17) is 11.6 Å². The zero-order valence-corrected chi connectivity index (χ0v) is 22.3. The van der Waals surface area contributed by atoms with Crippen LogP contribution in [0.5, 0.6) is 0 Å². The van der Waals surface area contributed by atoms with Crippen LogP contribution in [0.15, 0.2) is 66.9 Å². The molecule has 1 aliphatic heterocycles. The van der Waals surface area contributed by atoms with Crippen LogP contribution in [0.25, 0.3) is 32.8 Å². The standard InChI is InChI=1S/C32H27ClFN3O2/c1-31(34)17-32(18-35,24-6-7-24)37(19-31)30(39)11-10-29(38)26-12-13-36-28-9-5-23(16-27(26)28)20-2-3-22-15-25(33)8-4-21(22)14-20/h2-5,8-9,12-16,24H,6-7,10-11,17,19H2,1H3/t31?,32-/m0/s1. The van der Waals surface area contributed by atoms with Crippen LogP contribution >= 0.6 is 11.6 Å². The summed E-state index contributed by atoms with van der Waals surface area (Å²) in [6.45, 7) is 1.34. The lowest BCUT2D eigenvalue weighted by atomic mass is 9.88. The van der Waals surface area contributed by atoms with Crippen molar-refractivity contribution in [3.8, 4) is 17.2 Å². The van der Waals surface area contributed by atoms with E-state index < -0.39 is 11.2 Å². The molecular weight excluding hydrogens is 513 g/mol. The molecule has 2 heterocycles. The number of aromatic nitrogens is 1. The Bertz CT molecular complexity index is 1690. The van der Waals surface area contributed by atoms with E-state index in [0.717, 1.165) is 34.7 Å². The number of nitrogens with zero attached hydrogens (tertiary/aromatic N) is 3. The Morgan fingerprint density at radius 2 is 1.77 bits per heavy atom. The number of carbonyl (C=O) groups excluding carboxylic acids is 2. The Hall–Kier alpha value is -3.82. The first kappa shape index (κ1) is 25.5. The van der Waals surface area contributed by atoms with Crippen LogP contribution < -0.4 is 0 Å². The quantitative estimate of drug-likeness (QED) is 0.241. The second-order valence-electron chi connectivity index (χ2n) is 11.1. The number of hydrogen-bond acceptors (Lipinski definition) is 4. The number of nitriles is 1. The fourth-order valence-corrected chi connectivity index (χ4v) is 6.25. The van der Waals surface area contributed by atoms with Crippen LogP contribution in [0.2, 0.25) is 5.02 Å². The van der Waals surface area contributed by atoms with Gasteiger partial charge in [0.1, 0.15) is 11.2 Å². The summed E-state index contributed by atoms with van der Waals surface area (Å²) in [7, 11) is 0. The van der Waals surface area contributed by atoms with E-state index in [1.165, 1.54) is 11.8 Å². The molecule has 0 bridgehead atoms. The molecule has 2 fully saturated rings. The molecule has 196 valence electrons. The average molecular weight is 540 g/mol. The zero-order valence-electron chi connectivity index (χ0n) is 21.6. The van der Waals surface area contributed by atoms with E-state index in [0.29, 0.717) is 21.5 Å². The molecule has 1 unspecified atom stereocenters. The zero-order chi connectivity index (χ0) is 27.4. The number of carbonyl (C=O) groups is 2. The van der Waals surface area contributed by atoms with Crippen molar-refractivity contribution < 1.29 is 14.0 Å². The van der Waals surface area contributed by atoms with Gasteiger partial charge in [-0.3, -0.25) is 14.6 Å². The molecule has 1 saturated heterocycles. The summed E-state index contributed by atoms with van der Waals surface area (Å²) in [5.41, 5.74) is 0.416. The minimum absolute atomic E-state index is 0.00869. The van der Waals surface area contributed by atoms with Gasteiger partial charge in [0.2, 0.25) is 5.91 Å². The van der Waals surface area contributed by atoms with Gasteiger partial charge in [-0.05, 0) is 84.0 Å². The lowest BCUT2D eigenvalue weighted by molar-refractivity contribution is -0.134. The van der Waals surface area contributed by atoms with E-state index in [-0.39, 0.29) is 43.4 Å². The van der Waals surface area contributed by atoms with Crippen molar-refractivity contribution in [3.05, 3.63) is 77.4 Å². The predicted octanol–water partition coefficient (Wildman–Crippen LogP) is 7.30. The molecule has 1 aromatic heterocycles. The van der Waals surface area contributed by atoms with Gasteiger partial charge in [-0.1, -0.05) is 35.9 Å². The lowest BCUT2D eigenvalue weighted by Crippen LogP contribution is -2.48. The van der Waals surface area contributed by atoms with Crippen molar-refractivity contribution in [2.24, 2.45) is 5.92 Å². The minimum Gasteiger partial charge on any atom is -0.320 e. The molecule has 5 nitrogen and oxygen atoms in total. The highest BCUT2D eigenvalue weighted by molar-refractivity contribution is 6.31. The monoisotopic (exact) mass is 539 g/mol. The van der Waals surface area contributed by atoms with Crippen LogP contribution in [-0.4, -0.2) is 39.3 Å². The molecule has 1 aliphatic carbocycles. The van der Waals surface area contributed by atoms with Crippen LogP contribution in [0.3, 0.4) is 0 Å². The topological polar surface area (TPSA) is 74.1 Å². The fourth-order valence-electron chi connectivity index (χ4n) is 6.07. The Kier molecular flexibility index (Phi) is 6.15. The number of halogens is 2. The highest BCUT2D eigenvalue weighted by Gasteiger charge is 2.60. The molecule has 0 spiro atoms. The van der Waals surface area contributed by atoms with Crippen LogP contribution in [-0.2, 0) is 4.79 Å². The van der Waals surface area contributed by atoms with Crippen molar-refractivity contribution >= 4 is 45.0 Å². The first-order valence-electron chi connectivity index (χ1n) is 13.2. The Balaban J connectivity index is 1.25. The summed E-state index contributed by atoms with van der Waals surface area (Å²) < 4.78 is 15.0. The SMILES string of the molecule is CC1(F)CN(C(=O)CCC(=O)c2ccnc3ccc(-c4ccc5cc(Cl)ccc5c4)cc23)[C@@](C#N)(C2CC2)C1. The van der Waals surface area contributed by atoms with Crippen LogP contribution in [0.4, 0.5) is 4.39 Å². The molecule has 1 saturated carbocycles. The van der Waals surface area contributed by atoms with Crippen LogP contribution in [0, 0.1) is 17.2 Å². The maximum atomic E-state index is 15.0. The number of Topliss-reactive ketones (excluding diaryl/α,β-unsaturated/α-hetero) is 1. The van der Waals surface area contributed by atoms with Crippen molar-refractivity contribution in [2.45, 2.75) is 50.2 Å². The Labute approximate surface area is 231 Å². The minimum atomic E-state index is -1.61. The van der Waals surface area contributed by atoms with E-state index in [9.17, 15) is 19.2 Å². The van der Waals surface area contributed by atoms with Crippen molar-refractivity contribution in [3.63, 3.8) is 0 Å². The van der Waals surface area contributed by atoms with E-state index in [1.54, 1.807) is 12.3 Å². The van der Waals surface area contributed by atoms with Gasteiger partial charge in [-0.15, -0.1) is 0 Å². The first-order chi connectivity index (χ1) is 18.7. The number of benzene rings is 3. The van der Waals surface area contributed by atoms with Gasteiger partial charge in [-0.2, -0.15) is 5.26 Å². The number of pyridine rings is 1. The molecule has 1 amide bonds. The summed E-state index contributed by atoms with van der Waals surface area (Å²) in [5.74, 6) is -0.514. The number of ketones is 1. The number of hydrogen-bond donors (Lipinski definition) is 0. The number of rotatable bonds is 6. The third-order valence-corrected chi connectivity index (χ3v) is 8.33. The number of alkyl halides is 1. The third kappa shape index (κ3) is 4.66. The molecule has 4 aromatic rings. The molecule has 3 aromatic carbocycles. The highest BCUT2D eigenvalue weighted by Crippen LogP contribution is 2.52. The average Bonchev–Trinajstić information content (AvgIpc) is 3.74. The molecule has 6 rings (SSSR count). The smallest absolute Gasteiger partial charge is 0.224 e. The van der Waals surface area contributed by atoms with Crippen LogP contribution in [0.1, 0.15) is 49.4 Å². The van der Waals surface area contributed by atoms with Gasteiger partial charge in [0, 0.05) is 41.4 Å². The molecule has 2 aliphatic rings. The van der Waals surface area contributed by atoms with Crippen molar-refractivity contribution in [1.29, 1.82) is 5.26 Å². The summed E-state index contributed by atoms with van der Waals surface area (Å²) in [6.07, 6.45) is 3.18.